The van der Waals surface area contributed by atoms with Gasteiger partial charge in [0.15, 0.2) is 0 Å². The molecule has 1 N–H and O–H groups in total. The maximum absolute atomic E-state index is 12.1. The van der Waals surface area contributed by atoms with Crippen LogP contribution in [0.15, 0.2) is 28.7 Å². The summed E-state index contributed by atoms with van der Waals surface area (Å²) in [4.78, 5) is 13.8. The molecule has 0 aliphatic carbocycles. The third-order valence-electron chi connectivity index (χ3n) is 3.63. The highest BCUT2D eigenvalue weighted by molar-refractivity contribution is 9.10. The van der Waals surface area contributed by atoms with Gasteiger partial charge in [-0.25, -0.2) is 4.79 Å². The van der Waals surface area contributed by atoms with E-state index in [1.807, 2.05) is 24.3 Å². The Morgan fingerprint density at radius 1 is 1.28 bits per heavy atom. The lowest BCUT2D eigenvalue weighted by atomic mass is 9.92. The third-order valence-corrected chi connectivity index (χ3v) is 4.30. The highest BCUT2D eigenvalue weighted by Crippen LogP contribution is 2.36. The molecular weight excluding hydrogens is 296 g/mol. The number of nitrogens with one attached hydrogen (secondary N) is 1. The second kappa shape index (κ2) is 4.55. The molecule has 18 heavy (non-hydrogen) atoms. The zero-order chi connectivity index (χ0) is 12.6. The average Bonchev–Trinajstić information content (AvgIpc) is 2.67. The first-order valence-electron chi connectivity index (χ1n) is 6.16. The molecule has 2 fully saturated rings. The molecule has 1 aromatic carbocycles. The molecule has 0 aromatic heterocycles. The molecule has 1 spiro atoms. The lowest BCUT2D eigenvalue weighted by Gasteiger charge is -2.31. The van der Waals surface area contributed by atoms with E-state index in [1.54, 1.807) is 4.90 Å². The van der Waals surface area contributed by atoms with Crippen LogP contribution in [0.3, 0.4) is 0 Å². The van der Waals surface area contributed by atoms with Crippen molar-refractivity contribution >= 4 is 27.7 Å². The van der Waals surface area contributed by atoms with Crippen LogP contribution in [0.1, 0.15) is 12.8 Å². The van der Waals surface area contributed by atoms with Crippen molar-refractivity contribution in [2.45, 2.75) is 18.4 Å². The summed E-state index contributed by atoms with van der Waals surface area (Å²) >= 11 is 3.48. The van der Waals surface area contributed by atoms with Crippen molar-refractivity contribution in [3.63, 3.8) is 0 Å². The molecule has 0 atom stereocenters. The molecule has 5 heteroatoms. The average molecular weight is 311 g/mol. The molecule has 0 radical (unpaired) electrons. The quantitative estimate of drug-likeness (QED) is 0.866. The lowest BCUT2D eigenvalue weighted by molar-refractivity contribution is 0.0316. The summed E-state index contributed by atoms with van der Waals surface area (Å²) in [7, 11) is 0. The van der Waals surface area contributed by atoms with Crippen LogP contribution in [0.4, 0.5) is 10.5 Å². The van der Waals surface area contributed by atoms with Gasteiger partial charge in [0, 0.05) is 17.3 Å². The Kier molecular flexibility index (Phi) is 3.03. The van der Waals surface area contributed by atoms with Crippen molar-refractivity contribution in [1.82, 2.24) is 5.32 Å². The predicted octanol–water partition coefficient (Wildman–Crippen LogP) is 2.53. The van der Waals surface area contributed by atoms with Crippen LogP contribution in [0.5, 0.6) is 0 Å². The molecule has 0 bridgehead atoms. The predicted molar refractivity (Wildman–Crippen MR) is 72.8 cm³/mol. The number of rotatable bonds is 1. The molecule has 2 aliphatic rings. The second-order valence-corrected chi connectivity index (χ2v) is 5.69. The van der Waals surface area contributed by atoms with Gasteiger partial charge in [-0.1, -0.05) is 12.1 Å². The van der Waals surface area contributed by atoms with Gasteiger partial charge in [-0.15, -0.1) is 0 Å². The molecule has 2 aliphatic heterocycles. The summed E-state index contributed by atoms with van der Waals surface area (Å²) in [5, 5.41) is 3.30. The monoisotopic (exact) mass is 310 g/mol. The van der Waals surface area contributed by atoms with Gasteiger partial charge in [0.2, 0.25) is 0 Å². The van der Waals surface area contributed by atoms with E-state index >= 15 is 0 Å². The van der Waals surface area contributed by atoms with Gasteiger partial charge in [-0.05, 0) is 41.2 Å². The summed E-state index contributed by atoms with van der Waals surface area (Å²) < 4.78 is 6.56. The molecule has 3 rings (SSSR count). The number of piperidine rings is 1. The van der Waals surface area contributed by atoms with Crippen LogP contribution in [-0.2, 0) is 4.74 Å². The Morgan fingerprint density at radius 2 is 2.00 bits per heavy atom. The molecule has 2 saturated heterocycles. The summed E-state index contributed by atoms with van der Waals surface area (Å²) in [6, 6.07) is 7.75. The highest BCUT2D eigenvalue weighted by Gasteiger charge is 2.46. The van der Waals surface area contributed by atoms with E-state index in [9.17, 15) is 4.79 Å². The fraction of sp³-hybridized carbons (Fsp3) is 0.462. The van der Waals surface area contributed by atoms with E-state index in [-0.39, 0.29) is 11.7 Å². The van der Waals surface area contributed by atoms with E-state index in [4.69, 9.17) is 4.74 Å². The highest BCUT2D eigenvalue weighted by atomic mass is 79.9. The van der Waals surface area contributed by atoms with Gasteiger partial charge in [-0.2, -0.15) is 0 Å². The standard InChI is InChI=1S/C13H15BrN2O2/c14-10-3-1-2-4-11(10)16-9-13(18-12(16)17)5-7-15-8-6-13/h1-4,15H,5-9H2. The first-order valence-corrected chi connectivity index (χ1v) is 6.95. The van der Waals surface area contributed by atoms with Gasteiger partial charge in [0.25, 0.3) is 0 Å². The van der Waals surface area contributed by atoms with Gasteiger partial charge in [-0.3, -0.25) is 4.90 Å². The topological polar surface area (TPSA) is 41.6 Å². The normalized spacial score (nSPS) is 22.3. The van der Waals surface area contributed by atoms with Crippen LogP contribution >= 0.6 is 15.9 Å². The van der Waals surface area contributed by atoms with Crippen LogP contribution in [0, 0.1) is 0 Å². The Hall–Kier alpha value is -1.07. The van der Waals surface area contributed by atoms with E-state index < -0.39 is 0 Å². The minimum atomic E-state index is -0.294. The third kappa shape index (κ3) is 2.01. The lowest BCUT2D eigenvalue weighted by Crippen LogP contribution is -2.44. The Bertz CT molecular complexity index is 472. The molecular formula is C13H15BrN2O2. The zero-order valence-corrected chi connectivity index (χ0v) is 11.6. The van der Waals surface area contributed by atoms with Crippen LogP contribution in [-0.4, -0.2) is 31.3 Å². The Labute approximate surface area is 114 Å². The van der Waals surface area contributed by atoms with E-state index in [2.05, 4.69) is 21.2 Å². The maximum Gasteiger partial charge on any atom is 0.415 e. The summed E-state index contributed by atoms with van der Waals surface area (Å²) in [5.41, 5.74) is 0.593. The van der Waals surface area contributed by atoms with Gasteiger partial charge in [0.05, 0.1) is 12.2 Å². The molecule has 4 nitrogen and oxygen atoms in total. The number of carbonyl (C=O) groups is 1. The first kappa shape index (κ1) is 12.0. The van der Waals surface area contributed by atoms with Crippen molar-refractivity contribution in [2.75, 3.05) is 24.5 Å². The van der Waals surface area contributed by atoms with Gasteiger partial charge >= 0.3 is 6.09 Å². The number of amides is 1. The Morgan fingerprint density at radius 3 is 2.72 bits per heavy atom. The largest absolute Gasteiger partial charge is 0.441 e. The van der Waals surface area contributed by atoms with Crippen molar-refractivity contribution < 1.29 is 9.53 Å². The van der Waals surface area contributed by atoms with E-state index in [0.717, 1.165) is 36.1 Å². The van der Waals surface area contributed by atoms with Crippen LogP contribution in [0.25, 0.3) is 0 Å². The molecule has 1 aromatic rings. The summed E-state index contributed by atoms with van der Waals surface area (Å²) in [6.07, 6.45) is 1.54. The van der Waals surface area contributed by atoms with E-state index in [0.29, 0.717) is 6.54 Å². The number of benzene rings is 1. The number of hydrogen-bond acceptors (Lipinski definition) is 3. The number of anilines is 1. The van der Waals surface area contributed by atoms with Crippen LogP contribution < -0.4 is 10.2 Å². The fourth-order valence-corrected chi connectivity index (χ4v) is 3.12. The molecule has 96 valence electrons. The number of carbonyl (C=O) groups excluding carboxylic acids is 1. The zero-order valence-electron chi connectivity index (χ0n) is 9.99. The fourth-order valence-electron chi connectivity index (χ4n) is 2.62. The summed E-state index contributed by atoms with van der Waals surface area (Å²) in [6.45, 7) is 2.48. The Balaban J connectivity index is 1.87. The number of para-hydroxylation sites is 1. The number of nitrogens with zero attached hydrogens (tertiary/aromatic N) is 1. The van der Waals surface area contributed by atoms with Crippen molar-refractivity contribution in [1.29, 1.82) is 0 Å². The minimum absolute atomic E-state index is 0.233. The SMILES string of the molecule is O=C1OC2(CCNCC2)CN1c1ccccc1Br. The van der Waals surface area contributed by atoms with Crippen molar-refractivity contribution in [3.8, 4) is 0 Å². The maximum atomic E-state index is 12.1. The first-order chi connectivity index (χ1) is 8.70. The van der Waals surface area contributed by atoms with Crippen molar-refractivity contribution in [2.24, 2.45) is 0 Å². The van der Waals surface area contributed by atoms with Gasteiger partial charge in [0.1, 0.15) is 5.60 Å². The molecule has 0 unspecified atom stereocenters. The van der Waals surface area contributed by atoms with E-state index in [1.165, 1.54) is 0 Å². The summed E-state index contributed by atoms with van der Waals surface area (Å²) in [5.74, 6) is 0. The molecule has 0 saturated carbocycles. The minimum Gasteiger partial charge on any atom is -0.441 e. The molecule has 1 amide bonds. The van der Waals surface area contributed by atoms with Crippen LogP contribution in [0.2, 0.25) is 0 Å². The number of ether oxygens (including phenoxy) is 1. The second-order valence-electron chi connectivity index (χ2n) is 4.84. The number of hydrogen-bond donors (Lipinski definition) is 1. The smallest absolute Gasteiger partial charge is 0.415 e. The molecule has 2 heterocycles. The number of halogens is 1. The van der Waals surface area contributed by atoms with Crippen molar-refractivity contribution in [3.05, 3.63) is 28.7 Å². The van der Waals surface area contributed by atoms with Gasteiger partial charge < -0.3 is 10.1 Å².